The minimum atomic E-state index is -4.17. The van der Waals surface area contributed by atoms with Crippen LogP contribution in [0.3, 0.4) is 0 Å². The number of nitro groups is 1. The van der Waals surface area contributed by atoms with Crippen LogP contribution in [-0.4, -0.2) is 73.2 Å². The van der Waals surface area contributed by atoms with E-state index >= 15 is 0 Å². The van der Waals surface area contributed by atoms with Crippen LogP contribution >= 0.6 is 0 Å². The second-order valence-corrected chi connectivity index (χ2v) is 12.0. The lowest BCUT2D eigenvalue weighted by atomic mass is 9.96. The summed E-state index contributed by atoms with van der Waals surface area (Å²) in [6.07, 6.45) is -0.306. The maximum absolute atomic E-state index is 13.6. The monoisotopic (exact) mass is 579 g/mol. The molecule has 0 bridgehead atoms. The van der Waals surface area contributed by atoms with Crippen LogP contribution in [0.5, 0.6) is 0 Å². The van der Waals surface area contributed by atoms with Crippen molar-refractivity contribution in [2.24, 2.45) is 0 Å². The topological polar surface area (TPSA) is 207 Å². The SMILES string of the molecule is CC(=O)OCc1nnn(C[C@@]2(C)[C@H](C(=O)OCc3ccc([N+](=O)[O-])cc3)N3C(=O)C[C@H]3S2(=O)=O)c1COC(C)=O. The molecule has 1 amide bonds. The maximum Gasteiger partial charge on any atom is 0.330 e. The van der Waals surface area contributed by atoms with Gasteiger partial charge in [-0.15, -0.1) is 5.10 Å². The summed E-state index contributed by atoms with van der Waals surface area (Å²) >= 11 is 0. The number of rotatable bonds is 10. The predicted molar refractivity (Wildman–Crippen MR) is 130 cm³/mol. The van der Waals surface area contributed by atoms with Gasteiger partial charge in [0.1, 0.15) is 41.3 Å². The molecular formula is C23H25N5O11S. The van der Waals surface area contributed by atoms with Crippen molar-refractivity contribution in [1.29, 1.82) is 0 Å². The number of aromatic nitrogens is 3. The van der Waals surface area contributed by atoms with E-state index in [1.54, 1.807) is 0 Å². The third kappa shape index (κ3) is 5.11. The van der Waals surface area contributed by atoms with Crippen molar-refractivity contribution < 1.29 is 46.7 Å². The molecule has 0 aliphatic carbocycles. The van der Waals surface area contributed by atoms with Crippen molar-refractivity contribution >= 4 is 39.3 Å². The van der Waals surface area contributed by atoms with E-state index in [4.69, 9.17) is 14.2 Å². The van der Waals surface area contributed by atoms with Crippen molar-refractivity contribution in [2.45, 2.75) is 69.7 Å². The fourth-order valence-corrected chi connectivity index (χ4v) is 6.97. The molecule has 3 heterocycles. The molecule has 2 aliphatic heterocycles. The molecule has 2 aromatic rings. The molecule has 0 radical (unpaired) electrons. The number of ether oxygens (including phenoxy) is 3. The zero-order chi connectivity index (χ0) is 29.4. The molecule has 214 valence electrons. The van der Waals surface area contributed by atoms with Crippen LogP contribution in [0, 0.1) is 10.1 Å². The van der Waals surface area contributed by atoms with Gasteiger partial charge in [-0.2, -0.15) is 0 Å². The smallest absolute Gasteiger partial charge is 0.330 e. The molecule has 4 rings (SSSR count). The summed E-state index contributed by atoms with van der Waals surface area (Å²) in [4.78, 5) is 59.8. The highest BCUT2D eigenvalue weighted by Gasteiger charge is 2.70. The Morgan fingerprint density at radius 2 is 1.70 bits per heavy atom. The van der Waals surface area contributed by atoms with E-state index in [9.17, 15) is 37.7 Å². The van der Waals surface area contributed by atoms with Crippen molar-refractivity contribution in [3.63, 3.8) is 0 Å². The van der Waals surface area contributed by atoms with Crippen LogP contribution in [0.2, 0.25) is 0 Å². The van der Waals surface area contributed by atoms with Gasteiger partial charge in [0, 0.05) is 26.0 Å². The van der Waals surface area contributed by atoms with Crippen LogP contribution in [0.4, 0.5) is 5.69 Å². The summed E-state index contributed by atoms with van der Waals surface area (Å²) in [5, 5.41) is 17.5. The van der Waals surface area contributed by atoms with E-state index in [1.165, 1.54) is 38.1 Å². The minimum absolute atomic E-state index is 0.104. The van der Waals surface area contributed by atoms with Crippen molar-refractivity contribution in [2.75, 3.05) is 0 Å². The number of non-ortho nitro benzene ring substituents is 1. The van der Waals surface area contributed by atoms with Crippen LogP contribution in [0.1, 0.15) is 44.1 Å². The van der Waals surface area contributed by atoms with Gasteiger partial charge in [-0.05, 0) is 24.6 Å². The number of benzene rings is 1. The van der Waals surface area contributed by atoms with E-state index in [0.29, 0.717) is 5.56 Å². The molecule has 3 atom stereocenters. The Balaban J connectivity index is 1.64. The Bertz CT molecular complexity index is 1490. The van der Waals surface area contributed by atoms with Crippen molar-refractivity contribution in [1.82, 2.24) is 19.9 Å². The maximum atomic E-state index is 13.6. The van der Waals surface area contributed by atoms with Gasteiger partial charge in [0.2, 0.25) is 5.91 Å². The average Bonchev–Trinajstić information content (AvgIpc) is 3.32. The number of hydrogen-bond acceptors (Lipinski definition) is 13. The Morgan fingerprint density at radius 1 is 1.07 bits per heavy atom. The van der Waals surface area contributed by atoms with Crippen LogP contribution < -0.4 is 0 Å². The number of hydrogen-bond donors (Lipinski definition) is 0. The minimum Gasteiger partial charge on any atom is -0.459 e. The quantitative estimate of drug-likeness (QED) is 0.121. The van der Waals surface area contributed by atoms with Crippen LogP contribution in [-0.2, 0) is 69.6 Å². The highest BCUT2D eigenvalue weighted by molar-refractivity contribution is 7.93. The first-order chi connectivity index (χ1) is 18.8. The highest BCUT2D eigenvalue weighted by Crippen LogP contribution is 2.47. The van der Waals surface area contributed by atoms with Gasteiger partial charge in [-0.3, -0.25) is 24.5 Å². The van der Waals surface area contributed by atoms with Gasteiger partial charge >= 0.3 is 17.9 Å². The lowest BCUT2D eigenvalue weighted by molar-refractivity contribution is -0.384. The highest BCUT2D eigenvalue weighted by atomic mass is 32.2. The van der Waals surface area contributed by atoms with Crippen LogP contribution in [0.25, 0.3) is 0 Å². The molecule has 0 saturated carbocycles. The first kappa shape index (κ1) is 28.6. The molecule has 1 aromatic carbocycles. The van der Waals surface area contributed by atoms with Gasteiger partial charge in [0.25, 0.3) is 5.69 Å². The number of esters is 3. The molecule has 2 aliphatic rings. The van der Waals surface area contributed by atoms with E-state index in [1.807, 2.05) is 0 Å². The van der Waals surface area contributed by atoms with Gasteiger partial charge in [-0.25, -0.2) is 17.9 Å². The molecule has 0 spiro atoms. The molecule has 16 nitrogen and oxygen atoms in total. The molecule has 40 heavy (non-hydrogen) atoms. The number of β-lactam (4-membered cyclic amide) rings is 1. The van der Waals surface area contributed by atoms with E-state index in [-0.39, 0.29) is 43.3 Å². The van der Waals surface area contributed by atoms with E-state index in [0.717, 1.165) is 16.5 Å². The third-order valence-electron chi connectivity index (χ3n) is 6.77. The Labute approximate surface area is 227 Å². The summed E-state index contributed by atoms with van der Waals surface area (Å²) in [6.45, 7) is 2.11. The Hall–Kier alpha value is -4.41. The number of fused-ring (bicyclic) bond motifs is 1. The first-order valence-electron chi connectivity index (χ1n) is 11.9. The molecule has 0 unspecified atom stereocenters. The Morgan fingerprint density at radius 3 is 2.27 bits per heavy atom. The summed E-state index contributed by atoms with van der Waals surface area (Å²) in [5.74, 6) is -2.81. The van der Waals surface area contributed by atoms with E-state index < -0.39 is 61.3 Å². The van der Waals surface area contributed by atoms with Gasteiger partial charge in [0.15, 0.2) is 15.9 Å². The van der Waals surface area contributed by atoms with Gasteiger partial charge < -0.3 is 19.1 Å². The molecular weight excluding hydrogens is 554 g/mol. The fraction of sp³-hybridized carbons (Fsp3) is 0.478. The molecule has 2 fully saturated rings. The largest absolute Gasteiger partial charge is 0.459 e. The standard InChI is InChI=1S/C23H25N5O11S/c1-13(29)37-10-17-18(11-38-14(2)30)26(25-24-17)12-23(3)21(27-19(31)8-20(27)40(23,35)36)22(32)39-9-15-4-6-16(7-5-15)28(33)34/h4-7,20-21H,8-12H2,1-3H3/t20-,21+,23+/m1/s1. The number of nitro benzene ring substituents is 1. The van der Waals surface area contributed by atoms with Crippen molar-refractivity contribution in [3.05, 3.63) is 51.3 Å². The average molecular weight is 580 g/mol. The lowest BCUT2D eigenvalue weighted by Gasteiger charge is -2.36. The number of carbonyl (C=O) groups is 4. The summed E-state index contributed by atoms with van der Waals surface area (Å²) < 4.78 is 41.9. The summed E-state index contributed by atoms with van der Waals surface area (Å²) in [6, 6.07) is 3.67. The van der Waals surface area contributed by atoms with Gasteiger partial charge in [-0.1, -0.05) is 5.21 Å². The van der Waals surface area contributed by atoms with E-state index in [2.05, 4.69) is 10.3 Å². The Kier molecular flexibility index (Phi) is 7.60. The predicted octanol–water partition coefficient (Wildman–Crippen LogP) is 0.170. The zero-order valence-corrected chi connectivity index (χ0v) is 22.5. The summed E-state index contributed by atoms with van der Waals surface area (Å²) in [7, 11) is -4.17. The molecule has 1 aromatic heterocycles. The fourth-order valence-electron chi connectivity index (χ4n) is 4.62. The first-order valence-corrected chi connectivity index (χ1v) is 13.4. The number of amides is 1. The third-order valence-corrected chi connectivity index (χ3v) is 9.53. The normalized spacial score (nSPS) is 22.7. The molecule has 17 heteroatoms. The molecule has 2 saturated heterocycles. The number of sulfone groups is 1. The number of nitrogens with zero attached hydrogens (tertiary/aromatic N) is 5. The summed E-state index contributed by atoms with van der Waals surface area (Å²) in [5.41, 5.74) is 0.477. The lowest BCUT2D eigenvalue weighted by Crippen LogP contribution is -2.58. The zero-order valence-electron chi connectivity index (χ0n) is 21.6. The van der Waals surface area contributed by atoms with Gasteiger partial charge in [0.05, 0.1) is 17.9 Å². The second-order valence-electron chi connectivity index (χ2n) is 9.45. The van der Waals surface area contributed by atoms with Crippen LogP contribution in [0.15, 0.2) is 24.3 Å². The molecule has 0 N–H and O–H groups in total. The van der Waals surface area contributed by atoms with Crippen molar-refractivity contribution in [3.8, 4) is 0 Å². The number of carbonyl (C=O) groups excluding carboxylic acids is 4. The second kappa shape index (κ2) is 10.6.